The second-order valence-electron chi connectivity index (χ2n) is 6.60. The molecule has 2 heterocycles. The third-order valence-electron chi connectivity index (χ3n) is 4.43. The normalized spacial score (nSPS) is 15.2. The molecule has 1 aliphatic heterocycles. The number of halogens is 1. The van der Waals surface area contributed by atoms with Crippen LogP contribution in [0.2, 0.25) is 5.02 Å². The molecule has 162 valence electrons. The molecule has 9 heteroatoms. The van der Waals surface area contributed by atoms with Crippen LogP contribution in [0.25, 0.3) is 6.08 Å². The number of nitrogens with one attached hydrogen (secondary N) is 1. The van der Waals surface area contributed by atoms with Crippen LogP contribution >= 0.6 is 46.9 Å². The number of benzene rings is 2. The SMILES string of the molecule is CCOc1ccc(N2C(=O)/C(=C/c3ccc(Sc4ccc(Cl)cc4)s3)C(=O)NC2=S)cc1. The highest BCUT2D eigenvalue weighted by Gasteiger charge is 2.34. The zero-order chi connectivity index (χ0) is 22.7. The molecule has 0 radical (unpaired) electrons. The van der Waals surface area contributed by atoms with Crippen molar-refractivity contribution in [3.05, 3.63) is 76.1 Å². The number of carbonyl (C=O) groups excluding carboxylic acids is 2. The summed E-state index contributed by atoms with van der Waals surface area (Å²) in [7, 11) is 0. The Hall–Kier alpha value is -2.65. The third kappa shape index (κ3) is 5.05. The molecular formula is C23H17ClN2O3S3. The highest BCUT2D eigenvalue weighted by Crippen LogP contribution is 2.35. The predicted octanol–water partition coefficient (Wildman–Crippen LogP) is 5.78. The molecule has 1 aromatic heterocycles. The molecule has 0 saturated carbocycles. The van der Waals surface area contributed by atoms with Gasteiger partial charge in [0, 0.05) is 14.8 Å². The molecule has 2 amide bonds. The van der Waals surface area contributed by atoms with Crippen LogP contribution in [0.5, 0.6) is 5.75 Å². The summed E-state index contributed by atoms with van der Waals surface area (Å²) in [5.74, 6) is -0.290. The van der Waals surface area contributed by atoms with Gasteiger partial charge in [0.2, 0.25) is 0 Å². The maximum atomic E-state index is 13.2. The molecule has 5 nitrogen and oxygen atoms in total. The van der Waals surface area contributed by atoms with E-state index >= 15 is 0 Å². The maximum Gasteiger partial charge on any atom is 0.270 e. The quantitative estimate of drug-likeness (QED) is 0.264. The largest absolute Gasteiger partial charge is 0.494 e. The van der Waals surface area contributed by atoms with Crippen molar-refractivity contribution in [3.63, 3.8) is 0 Å². The van der Waals surface area contributed by atoms with Gasteiger partial charge in [-0.15, -0.1) is 11.3 Å². The van der Waals surface area contributed by atoms with Crippen LogP contribution < -0.4 is 15.0 Å². The molecule has 0 spiro atoms. The van der Waals surface area contributed by atoms with Crippen LogP contribution in [-0.4, -0.2) is 23.5 Å². The standard InChI is InChI=1S/C23H17ClN2O3S3/c1-2-29-16-7-5-15(6-8-16)26-22(28)19(21(27)25-23(26)30)13-18-11-12-20(32-18)31-17-9-3-14(24)4-10-17/h3-13H,2H2,1H3,(H,25,27,30)/b19-13+. The maximum absolute atomic E-state index is 13.2. The smallest absolute Gasteiger partial charge is 0.270 e. The first kappa shape index (κ1) is 22.5. The Kier molecular flexibility index (Phi) is 6.95. The summed E-state index contributed by atoms with van der Waals surface area (Å²) >= 11 is 14.3. The van der Waals surface area contributed by atoms with Crippen LogP contribution in [0.15, 0.2) is 75.3 Å². The van der Waals surface area contributed by atoms with Gasteiger partial charge >= 0.3 is 0 Å². The van der Waals surface area contributed by atoms with Gasteiger partial charge in [-0.05, 0) is 85.9 Å². The fourth-order valence-corrected chi connectivity index (χ4v) is 5.45. The van der Waals surface area contributed by atoms with Gasteiger partial charge in [-0.25, -0.2) is 0 Å². The van der Waals surface area contributed by atoms with Crippen LogP contribution in [0.3, 0.4) is 0 Å². The van der Waals surface area contributed by atoms with Crippen molar-refractivity contribution in [3.8, 4) is 5.75 Å². The highest BCUT2D eigenvalue weighted by molar-refractivity contribution is 8.01. The van der Waals surface area contributed by atoms with Crippen LogP contribution in [0, 0.1) is 0 Å². The minimum absolute atomic E-state index is 0.0253. The average Bonchev–Trinajstić information content (AvgIpc) is 3.21. The Balaban J connectivity index is 1.56. The van der Waals surface area contributed by atoms with E-state index in [1.54, 1.807) is 42.1 Å². The van der Waals surface area contributed by atoms with Crippen LogP contribution in [0.4, 0.5) is 5.69 Å². The number of thiophene rings is 1. The van der Waals surface area contributed by atoms with E-state index in [-0.39, 0.29) is 10.7 Å². The number of hydrogen-bond donors (Lipinski definition) is 1. The number of hydrogen-bond acceptors (Lipinski definition) is 6. The summed E-state index contributed by atoms with van der Waals surface area (Å²) in [6.07, 6.45) is 1.59. The fraction of sp³-hybridized carbons (Fsp3) is 0.0870. The van der Waals surface area contributed by atoms with Crippen molar-refractivity contribution >= 4 is 75.6 Å². The van der Waals surface area contributed by atoms with E-state index in [9.17, 15) is 9.59 Å². The van der Waals surface area contributed by atoms with Gasteiger partial charge in [0.15, 0.2) is 5.11 Å². The molecule has 1 saturated heterocycles. The van der Waals surface area contributed by atoms with E-state index in [4.69, 9.17) is 28.6 Å². The number of rotatable bonds is 6. The molecule has 2 aromatic carbocycles. The number of anilines is 1. The number of amides is 2. The van der Waals surface area contributed by atoms with Gasteiger partial charge < -0.3 is 4.74 Å². The zero-order valence-corrected chi connectivity index (χ0v) is 20.0. The Morgan fingerprint density at radius 3 is 2.50 bits per heavy atom. The number of nitrogens with zero attached hydrogens (tertiary/aromatic N) is 1. The first-order chi connectivity index (χ1) is 15.4. The van der Waals surface area contributed by atoms with Gasteiger partial charge in [0.25, 0.3) is 11.8 Å². The minimum atomic E-state index is -0.512. The molecule has 1 N–H and O–H groups in total. The van der Waals surface area contributed by atoms with Crippen LogP contribution in [-0.2, 0) is 9.59 Å². The highest BCUT2D eigenvalue weighted by atomic mass is 35.5. The van der Waals surface area contributed by atoms with E-state index in [0.29, 0.717) is 23.1 Å². The van der Waals surface area contributed by atoms with E-state index in [1.165, 1.54) is 16.2 Å². The zero-order valence-electron chi connectivity index (χ0n) is 16.8. The Morgan fingerprint density at radius 1 is 1.09 bits per heavy atom. The van der Waals surface area contributed by atoms with Crippen molar-refractivity contribution < 1.29 is 14.3 Å². The molecule has 0 atom stereocenters. The number of carbonyl (C=O) groups is 2. The molecule has 32 heavy (non-hydrogen) atoms. The summed E-state index contributed by atoms with van der Waals surface area (Å²) in [6, 6.07) is 18.4. The molecule has 1 fully saturated rings. The van der Waals surface area contributed by atoms with Crippen molar-refractivity contribution in [2.75, 3.05) is 11.5 Å². The fourth-order valence-electron chi connectivity index (χ4n) is 2.98. The van der Waals surface area contributed by atoms with E-state index < -0.39 is 11.8 Å². The topological polar surface area (TPSA) is 58.6 Å². The van der Waals surface area contributed by atoms with Gasteiger partial charge in [-0.2, -0.15) is 0 Å². The van der Waals surface area contributed by atoms with Gasteiger partial charge in [0.05, 0.1) is 16.5 Å². The summed E-state index contributed by atoms with van der Waals surface area (Å²) < 4.78 is 6.47. The molecule has 4 rings (SSSR count). The lowest BCUT2D eigenvalue weighted by Crippen LogP contribution is -2.54. The van der Waals surface area contributed by atoms with Crippen molar-refractivity contribution in [1.82, 2.24) is 5.32 Å². The lowest BCUT2D eigenvalue weighted by atomic mass is 10.1. The molecular weight excluding hydrogens is 484 g/mol. The second kappa shape index (κ2) is 9.87. The van der Waals surface area contributed by atoms with Crippen molar-refractivity contribution in [2.24, 2.45) is 0 Å². The van der Waals surface area contributed by atoms with E-state index in [2.05, 4.69) is 5.32 Å². The first-order valence-corrected chi connectivity index (χ1v) is 12.0. The summed E-state index contributed by atoms with van der Waals surface area (Å²) in [5, 5.41) is 3.34. The van der Waals surface area contributed by atoms with Crippen LogP contribution in [0.1, 0.15) is 11.8 Å². The number of ether oxygens (including phenoxy) is 1. The lowest BCUT2D eigenvalue weighted by molar-refractivity contribution is -0.122. The van der Waals surface area contributed by atoms with Gasteiger partial charge in [0.1, 0.15) is 11.3 Å². The second-order valence-corrected chi connectivity index (χ2v) is 9.91. The van der Waals surface area contributed by atoms with Gasteiger partial charge in [-0.1, -0.05) is 23.4 Å². The minimum Gasteiger partial charge on any atom is -0.494 e. The lowest BCUT2D eigenvalue weighted by Gasteiger charge is -2.28. The molecule has 0 bridgehead atoms. The monoisotopic (exact) mass is 500 g/mol. The Labute approximate surface area is 204 Å². The summed E-state index contributed by atoms with van der Waals surface area (Å²) in [4.78, 5) is 28.8. The molecule has 0 aliphatic carbocycles. The summed E-state index contributed by atoms with van der Waals surface area (Å²) in [6.45, 7) is 2.44. The number of thiocarbonyl (C=S) groups is 1. The van der Waals surface area contributed by atoms with Crippen molar-refractivity contribution in [1.29, 1.82) is 0 Å². The molecule has 3 aromatic rings. The summed E-state index contributed by atoms with van der Waals surface area (Å²) in [5.41, 5.74) is 0.580. The third-order valence-corrected chi connectivity index (χ3v) is 7.14. The average molecular weight is 501 g/mol. The van der Waals surface area contributed by atoms with Gasteiger partial charge in [-0.3, -0.25) is 19.8 Å². The first-order valence-electron chi connectivity index (χ1n) is 9.62. The molecule has 0 unspecified atom stereocenters. The molecule has 1 aliphatic rings. The predicted molar refractivity (Wildman–Crippen MR) is 134 cm³/mol. The van der Waals surface area contributed by atoms with E-state index in [0.717, 1.165) is 14.0 Å². The van der Waals surface area contributed by atoms with Crippen molar-refractivity contribution in [2.45, 2.75) is 16.0 Å². The Bertz CT molecular complexity index is 1200. The Morgan fingerprint density at radius 2 is 1.81 bits per heavy atom. The van der Waals surface area contributed by atoms with E-state index in [1.807, 2.05) is 43.3 Å².